The molecule has 9 heteroatoms. The third kappa shape index (κ3) is 5.02. The Bertz CT molecular complexity index is 1180. The quantitative estimate of drug-likeness (QED) is 0.268. The van der Waals surface area contributed by atoms with Gasteiger partial charge in [0.15, 0.2) is 4.80 Å². The Morgan fingerprint density at radius 3 is 2.79 bits per heavy atom. The molecule has 0 aliphatic rings. The van der Waals surface area contributed by atoms with Crippen molar-refractivity contribution in [1.82, 2.24) is 4.57 Å². The predicted molar refractivity (Wildman–Crippen MR) is 109 cm³/mol. The number of fused-ring (bicyclic) bond motifs is 1. The highest BCUT2D eigenvalue weighted by molar-refractivity contribution is 7.16. The minimum Gasteiger partial charge on any atom is -0.465 e. The van der Waals surface area contributed by atoms with Crippen molar-refractivity contribution in [2.45, 2.75) is 13.5 Å². The van der Waals surface area contributed by atoms with E-state index in [2.05, 4.69) is 4.99 Å². The zero-order chi connectivity index (χ0) is 20.8. The van der Waals surface area contributed by atoms with Crippen molar-refractivity contribution < 1.29 is 19.2 Å². The first-order valence-electron chi connectivity index (χ1n) is 8.73. The Morgan fingerprint density at radius 2 is 2.03 bits per heavy atom. The number of nitrogens with zero attached hydrogens (tertiary/aromatic N) is 3. The Balaban J connectivity index is 1.92. The average Bonchev–Trinajstić information content (AvgIpc) is 3.04. The lowest BCUT2D eigenvalue weighted by Gasteiger charge is -2.04. The van der Waals surface area contributed by atoms with Gasteiger partial charge in [-0.1, -0.05) is 35.6 Å². The van der Waals surface area contributed by atoms with E-state index in [4.69, 9.17) is 4.74 Å². The summed E-state index contributed by atoms with van der Waals surface area (Å²) in [6.45, 7) is 1.93. The molecule has 0 saturated heterocycles. The number of benzene rings is 2. The van der Waals surface area contributed by atoms with Crippen molar-refractivity contribution in [2.24, 2.45) is 4.99 Å². The van der Waals surface area contributed by atoms with Gasteiger partial charge in [-0.05, 0) is 30.7 Å². The molecule has 1 heterocycles. The van der Waals surface area contributed by atoms with Crippen LogP contribution in [0, 0.1) is 10.1 Å². The third-order valence-electron chi connectivity index (χ3n) is 3.89. The number of nitro benzene ring substituents is 1. The standard InChI is InChI=1S/C20H17N3O5S/c1-2-28-19(25)13-22-16-8-3-4-9-17(16)29-20(22)21-18(24)11-10-14-6-5-7-15(12-14)23(26)27/h3-12H,2,13H2,1H3. The van der Waals surface area contributed by atoms with Gasteiger partial charge < -0.3 is 9.30 Å². The number of non-ortho nitro benzene ring substituents is 1. The highest BCUT2D eigenvalue weighted by atomic mass is 32.1. The summed E-state index contributed by atoms with van der Waals surface area (Å²) in [5.41, 5.74) is 1.23. The maximum absolute atomic E-state index is 12.3. The number of carbonyl (C=O) groups is 2. The van der Waals surface area contributed by atoms with E-state index >= 15 is 0 Å². The highest BCUT2D eigenvalue weighted by Crippen LogP contribution is 2.17. The molecule has 0 fully saturated rings. The van der Waals surface area contributed by atoms with Crippen LogP contribution in [0.15, 0.2) is 59.6 Å². The second kappa shape index (κ2) is 9.07. The number of hydrogen-bond donors (Lipinski definition) is 0. The molecule has 3 rings (SSSR count). The number of aromatic nitrogens is 1. The lowest BCUT2D eigenvalue weighted by molar-refractivity contribution is -0.384. The van der Waals surface area contributed by atoms with Gasteiger partial charge in [0.2, 0.25) is 0 Å². The Labute approximate surface area is 169 Å². The van der Waals surface area contributed by atoms with E-state index in [9.17, 15) is 19.7 Å². The SMILES string of the molecule is CCOC(=O)Cn1c(=NC(=O)C=Cc2cccc([N+](=O)[O-])c2)sc2ccccc21. The van der Waals surface area contributed by atoms with Gasteiger partial charge in [0.25, 0.3) is 11.6 Å². The van der Waals surface area contributed by atoms with Crippen molar-refractivity contribution in [3.8, 4) is 0 Å². The minimum atomic E-state index is -0.541. The molecule has 8 nitrogen and oxygen atoms in total. The summed E-state index contributed by atoms with van der Waals surface area (Å²) in [5.74, 6) is -0.960. The molecule has 3 aromatic rings. The third-order valence-corrected chi connectivity index (χ3v) is 4.95. The van der Waals surface area contributed by atoms with Crippen LogP contribution >= 0.6 is 11.3 Å². The molecule has 1 aromatic heterocycles. The lowest BCUT2D eigenvalue weighted by Crippen LogP contribution is -2.22. The summed E-state index contributed by atoms with van der Waals surface area (Å²) in [6.07, 6.45) is 2.69. The van der Waals surface area contributed by atoms with Crippen molar-refractivity contribution in [3.63, 3.8) is 0 Å². The van der Waals surface area contributed by atoms with Crippen LogP contribution in [0.3, 0.4) is 0 Å². The van der Waals surface area contributed by atoms with Crippen LogP contribution in [-0.2, 0) is 20.9 Å². The molecule has 0 radical (unpaired) electrons. The summed E-state index contributed by atoms with van der Waals surface area (Å²) < 4.78 is 7.53. The zero-order valence-electron chi connectivity index (χ0n) is 15.5. The number of rotatable bonds is 6. The molecule has 2 aromatic carbocycles. The largest absolute Gasteiger partial charge is 0.465 e. The topological polar surface area (TPSA) is 104 Å². The van der Waals surface area contributed by atoms with Crippen LogP contribution in [0.4, 0.5) is 5.69 Å². The molecule has 0 bridgehead atoms. The molecular weight excluding hydrogens is 394 g/mol. The number of thiazole rings is 1. The first-order valence-corrected chi connectivity index (χ1v) is 9.55. The number of esters is 1. The fourth-order valence-electron chi connectivity index (χ4n) is 2.64. The van der Waals surface area contributed by atoms with E-state index in [0.29, 0.717) is 10.4 Å². The van der Waals surface area contributed by atoms with Gasteiger partial charge in [-0.15, -0.1) is 0 Å². The van der Waals surface area contributed by atoms with Crippen LogP contribution in [0.5, 0.6) is 0 Å². The molecular formula is C20H17N3O5S. The van der Waals surface area contributed by atoms with E-state index in [0.717, 1.165) is 10.2 Å². The van der Waals surface area contributed by atoms with Gasteiger partial charge in [0.05, 0.1) is 21.7 Å². The minimum absolute atomic E-state index is 0.0570. The van der Waals surface area contributed by atoms with E-state index in [1.54, 1.807) is 23.6 Å². The van der Waals surface area contributed by atoms with Gasteiger partial charge >= 0.3 is 5.97 Å². The molecule has 0 aliphatic carbocycles. The lowest BCUT2D eigenvalue weighted by atomic mass is 10.2. The van der Waals surface area contributed by atoms with Crippen LogP contribution < -0.4 is 4.80 Å². The number of nitro groups is 1. The molecule has 1 amide bonds. The maximum Gasteiger partial charge on any atom is 0.326 e. The molecule has 0 unspecified atom stereocenters. The van der Waals surface area contributed by atoms with E-state index < -0.39 is 16.8 Å². The fourth-order valence-corrected chi connectivity index (χ4v) is 3.67. The van der Waals surface area contributed by atoms with E-state index in [1.165, 1.54) is 35.6 Å². The Kier molecular flexibility index (Phi) is 6.30. The molecule has 0 spiro atoms. The number of carbonyl (C=O) groups excluding carboxylic acids is 2. The number of ether oxygens (including phenoxy) is 1. The van der Waals surface area contributed by atoms with Gasteiger partial charge in [-0.25, -0.2) is 0 Å². The van der Waals surface area contributed by atoms with Crippen molar-refractivity contribution >= 4 is 45.2 Å². The molecule has 148 valence electrons. The van der Waals surface area contributed by atoms with E-state index in [-0.39, 0.29) is 18.8 Å². The molecule has 0 atom stereocenters. The summed E-state index contributed by atoms with van der Waals surface area (Å²) in [5, 5.41) is 10.8. The normalized spacial score (nSPS) is 11.8. The average molecular weight is 411 g/mol. The van der Waals surface area contributed by atoms with Crippen molar-refractivity contribution in [3.05, 3.63) is 75.1 Å². The summed E-state index contributed by atoms with van der Waals surface area (Å²) in [4.78, 5) is 39.1. The summed E-state index contributed by atoms with van der Waals surface area (Å²) in [6, 6.07) is 13.3. The second-order valence-electron chi connectivity index (χ2n) is 5.88. The van der Waals surface area contributed by atoms with Gasteiger partial charge in [-0.3, -0.25) is 19.7 Å². The fraction of sp³-hybridized carbons (Fsp3) is 0.150. The van der Waals surface area contributed by atoms with E-state index in [1.807, 2.05) is 24.3 Å². The Hall–Kier alpha value is -3.59. The maximum atomic E-state index is 12.3. The monoisotopic (exact) mass is 411 g/mol. The summed E-state index contributed by atoms with van der Waals surface area (Å²) in [7, 11) is 0. The number of para-hydroxylation sites is 1. The van der Waals surface area contributed by atoms with Crippen molar-refractivity contribution in [1.29, 1.82) is 0 Å². The van der Waals surface area contributed by atoms with Crippen LogP contribution in [-0.4, -0.2) is 28.0 Å². The second-order valence-corrected chi connectivity index (χ2v) is 6.89. The van der Waals surface area contributed by atoms with Gasteiger partial charge in [0, 0.05) is 18.2 Å². The molecule has 0 N–H and O–H groups in total. The van der Waals surface area contributed by atoms with Crippen LogP contribution in [0.1, 0.15) is 12.5 Å². The first-order chi connectivity index (χ1) is 14.0. The van der Waals surface area contributed by atoms with Gasteiger partial charge in [-0.2, -0.15) is 4.99 Å². The van der Waals surface area contributed by atoms with Crippen LogP contribution in [0.25, 0.3) is 16.3 Å². The first kappa shape index (κ1) is 20.2. The molecule has 0 aliphatic heterocycles. The number of hydrogen-bond acceptors (Lipinski definition) is 6. The zero-order valence-corrected chi connectivity index (χ0v) is 16.3. The Morgan fingerprint density at radius 1 is 1.24 bits per heavy atom. The van der Waals surface area contributed by atoms with Gasteiger partial charge in [0.1, 0.15) is 6.54 Å². The predicted octanol–water partition coefficient (Wildman–Crippen LogP) is 3.31. The van der Waals surface area contributed by atoms with Crippen molar-refractivity contribution in [2.75, 3.05) is 6.61 Å². The number of amides is 1. The smallest absolute Gasteiger partial charge is 0.326 e. The van der Waals surface area contributed by atoms with Crippen LogP contribution in [0.2, 0.25) is 0 Å². The highest BCUT2D eigenvalue weighted by Gasteiger charge is 2.11. The molecule has 0 saturated carbocycles. The molecule has 29 heavy (non-hydrogen) atoms. The summed E-state index contributed by atoms with van der Waals surface area (Å²) >= 11 is 1.28.